The van der Waals surface area contributed by atoms with Crippen LogP contribution in [-0.2, 0) is 46.7 Å². The van der Waals surface area contributed by atoms with Gasteiger partial charge in [-0.1, -0.05) is 41.5 Å². The highest BCUT2D eigenvalue weighted by molar-refractivity contribution is 6.74. The largest absolute Gasteiger partial charge is 0.509 e. The van der Waals surface area contributed by atoms with Crippen LogP contribution in [0.3, 0.4) is 0 Å². The van der Waals surface area contributed by atoms with Gasteiger partial charge in [0.05, 0.1) is 63.4 Å². The van der Waals surface area contributed by atoms with Crippen LogP contribution < -0.4 is 45.0 Å². The Labute approximate surface area is 547 Å². The standard InChI is InChI=1S/C20H33FN2O7Si.C15H25FN2O5Si.C14H19FN2O7.C9H11FN2O5/c1-19(2,3)30-18(26)29-13-9-15(23-10-12(21)16(24)22-17(23)25)28-14(13)11-27-31(7,8)20(4,5)6;1-15(2,3)24(4,5)22-8-11-10(19)6-12(23-11)18-7-9(16)13(20)17-14(18)21;1-14(2,3)24-13(21)23-8-4-10(22-9(8)6-18)17-5-7(15)11(19)16-12(17)20;10-4-2-12(9(16)11-8(4)15)7-1-5(14)6(3-13)17-7/h10,13-15H,9,11H2,1-8H3,(H,22,24,25);7,10-12,19H,6,8H2,1-5H3,(H,17,20,21);5,8-10,18H,4,6H2,1-3H3,(H,16,19,20);2,5-7,13-14H,1,3H2,(H,11,15,16)/t13-,14+,15+;10-,11+,12+;8-,9+,10+;5-,6+,7+/m0000/s1. The first-order chi connectivity index (χ1) is 44.0. The maximum Gasteiger partial charge on any atom is 0.509 e. The molecule has 4 fully saturated rings. The van der Waals surface area contributed by atoms with Crippen molar-refractivity contribution in [2.75, 3.05) is 26.4 Å². The van der Waals surface area contributed by atoms with Gasteiger partial charge in [0, 0.05) is 25.7 Å². The highest BCUT2D eigenvalue weighted by atomic mass is 28.4. The van der Waals surface area contributed by atoms with Crippen LogP contribution in [0.25, 0.3) is 0 Å². The van der Waals surface area contributed by atoms with Gasteiger partial charge in [0.1, 0.15) is 72.7 Å². The van der Waals surface area contributed by atoms with Gasteiger partial charge in [0.2, 0.25) is 23.3 Å². The van der Waals surface area contributed by atoms with Crippen LogP contribution in [0.2, 0.25) is 36.3 Å². The fraction of sp³-hybridized carbons (Fsp3) is 0.690. The van der Waals surface area contributed by atoms with Crippen LogP contribution in [0, 0.1) is 23.3 Å². The van der Waals surface area contributed by atoms with Gasteiger partial charge < -0.3 is 67.2 Å². The minimum atomic E-state index is -2.14. The molecule has 32 nitrogen and oxygen atoms in total. The van der Waals surface area contributed by atoms with Gasteiger partial charge in [0.25, 0.3) is 22.2 Å². The number of H-pyrrole nitrogens is 4. The molecule has 4 aromatic rings. The molecule has 96 heavy (non-hydrogen) atoms. The molecule has 38 heteroatoms. The van der Waals surface area contributed by atoms with Gasteiger partial charge in [-0.05, 0) is 77.8 Å². The molecule has 8 rings (SSSR count). The van der Waals surface area contributed by atoms with Crippen LogP contribution in [0.15, 0.2) is 63.1 Å². The first kappa shape index (κ1) is 79.7. The molecule has 0 saturated carbocycles. The molecule has 0 aliphatic carbocycles. The Morgan fingerprint density at radius 2 is 0.719 bits per heavy atom. The number of aromatic amines is 4. The molecule has 0 unspecified atom stereocenters. The molecule has 4 aliphatic rings. The van der Waals surface area contributed by atoms with E-state index in [0.717, 1.165) is 36.9 Å². The highest BCUT2D eigenvalue weighted by Crippen LogP contribution is 2.40. The number of nitrogens with one attached hydrogen (secondary N) is 4. The zero-order chi connectivity index (χ0) is 72.7. The van der Waals surface area contributed by atoms with Crippen molar-refractivity contribution >= 4 is 28.9 Å². The molecule has 4 aliphatic heterocycles. The predicted molar refractivity (Wildman–Crippen MR) is 334 cm³/mol. The second kappa shape index (κ2) is 31.7. The number of aliphatic hydroxyl groups excluding tert-OH is 4. The molecule has 0 aromatic carbocycles. The van der Waals surface area contributed by atoms with Gasteiger partial charge in [-0.3, -0.25) is 57.4 Å². The first-order valence-electron chi connectivity index (χ1n) is 30.4. The summed E-state index contributed by atoms with van der Waals surface area (Å²) in [6.45, 7) is 30.5. The number of carbonyl (C=O) groups excluding carboxylic acids is 2. The van der Waals surface area contributed by atoms with E-state index in [2.05, 4.69) is 67.7 Å². The first-order valence-corrected chi connectivity index (χ1v) is 36.2. The summed E-state index contributed by atoms with van der Waals surface area (Å²) in [5.74, 6) is -4.46. The lowest BCUT2D eigenvalue weighted by Crippen LogP contribution is -2.44. The van der Waals surface area contributed by atoms with Gasteiger partial charge in [0.15, 0.2) is 16.6 Å². The fourth-order valence-corrected chi connectivity index (χ4v) is 10.9. The minimum Gasteiger partial charge on any atom is -0.429 e. The number of ether oxygens (including phenoxy) is 8. The lowest BCUT2D eigenvalue weighted by molar-refractivity contribution is -0.0691. The molecule has 8 heterocycles. The molecule has 8 N–H and O–H groups in total. The third kappa shape index (κ3) is 21.5. The van der Waals surface area contributed by atoms with E-state index in [4.69, 9.17) is 51.9 Å². The summed E-state index contributed by atoms with van der Waals surface area (Å²) in [5.41, 5.74) is -9.24. The van der Waals surface area contributed by atoms with Crippen LogP contribution in [0.5, 0.6) is 0 Å². The number of rotatable bonds is 14. The summed E-state index contributed by atoms with van der Waals surface area (Å²) in [5, 5.41) is 37.8. The normalized spacial score (nSPS) is 24.6. The topological polar surface area (TPSA) is 427 Å². The third-order valence-corrected chi connectivity index (χ3v) is 25.2. The second-order valence-corrected chi connectivity index (χ2v) is 37.5. The molecule has 0 bridgehead atoms. The summed E-state index contributed by atoms with van der Waals surface area (Å²) < 4.78 is 112. The van der Waals surface area contributed by atoms with E-state index in [9.17, 15) is 80.8 Å². The lowest BCUT2D eigenvalue weighted by Gasteiger charge is -2.37. The Hall–Kier alpha value is -6.99. The van der Waals surface area contributed by atoms with Gasteiger partial charge in [-0.25, -0.2) is 28.8 Å². The Bertz CT molecular complexity index is 3840. The molecular weight excluding hydrogens is 1320 g/mol. The molecule has 4 aromatic heterocycles. The summed E-state index contributed by atoms with van der Waals surface area (Å²) in [7, 11) is -4.13. The van der Waals surface area contributed by atoms with Crippen molar-refractivity contribution in [3.8, 4) is 0 Å². The van der Waals surface area contributed by atoms with Crippen molar-refractivity contribution in [3.63, 3.8) is 0 Å². The molecule has 0 radical (unpaired) electrons. The Kier molecular flexibility index (Phi) is 26.3. The Morgan fingerprint density at radius 3 is 1.01 bits per heavy atom. The Balaban J connectivity index is 0.000000236. The van der Waals surface area contributed by atoms with Crippen molar-refractivity contribution in [1.82, 2.24) is 38.2 Å². The summed E-state index contributed by atoms with van der Waals surface area (Å²) in [6.07, 6.45) is -8.78. The van der Waals surface area contributed by atoms with Gasteiger partial charge in [-0.15, -0.1) is 0 Å². The van der Waals surface area contributed by atoms with E-state index >= 15 is 0 Å². The third-order valence-electron chi connectivity index (χ3n) is 16.2. The maximum absolute atomic E-state index is 13.8. The summed E-state index contributed by atoms with van der Waals surface area (Å²) >= 11 is 0. The van der Waals surface area contributed by atoms with Gasteiger partial charge in [-0.2, -0.15) is 17.6 Å². The van der Waals surface area contributed by atoms with Crippen molar-refractivity contribution < 1.29 is 94.3 Å². The SMILES string of the molecule is CC(C)(C)OC(=O)O[C@H]1C[C@H](n2cc(F)c(=O)[nH]c2=O)O[C@@H]1CO.CC(C)(C)OC(=O)O[C@H]1C[C@H](n2cc(F)c(=O)[nH]c2=O)O[C@@H]1CO[Si](C)(C)C(C)(C)C.CC(C)(C)[Si](C)(C)OC[C@H]1O[C@@H](n2cc(F)c(=O)[nH]c2=O)C[C@@H]1O.O=c1[nH]c(=O)n([C@H]2C[C@H](O)[C@@H](CO)O2)cc1F. The van der Waals surface area contributed by atoms with Crippen molar-refractivity contribution in [1.29, 1.82) is 0 Å². The molecule has 0 amide bonds. The van der Waals surface area contributed by atoms with Crippen LogP contribution in [0.1, 0.15) is 134 Å². The van der Waals surface area contributed by atoms with Crippen molar-refractivity contribution in [2.45, 2.75) is 230 Å². The number of nitrogens with zero attached hydrogens (tertiary/aromatic N) is 4. The van der Waals surface area contributed by atoms with Crippen LogP contribution >= 0.6 is 0 Å². The van der Waals surface area contributed by atoms with Crippen molar-refractivity contribution in [2.24, 2.45) is 0 Å². The second-order valence-electron chi connectivity index (χ2n) is 27.9. The highest BCUT2D eigenvalue weighted by Gasteiger charge is 2.46. The number of hydrogen-bond donors (Lipinski definition) is 8. The molecule has 540 valence electrons. The average molecular weight is 1410 g/mol. The monoisotopic (exact) mass is 1410 g/mol. The predicted octanol–water partition coefficient (Wildman–Crippen LogP) is 3.24. The van der Waals surface area contributed by atoms with E-state index in [1.165, 1.54) is 0 Å². The number of aromatic nitrogens is 8. The van der Waals surface area contributed by atoms with E-state index in [1.807, 2.05) is 9.97 Å². The maximum atomic E-state index is 13.8. The van der Waals surface area contributed by atoms with Crippen LogP contribution in [0.4, 0.5) is 27.2 Å². The number of carbonyl (C=O) groups is 2. The van der Waals surface area contributed by atoms with Crippen LogP contribution in [-0.4, -0.2) is 174 Å². The zero-order valence-corrected chi connectivity index (χ0v) is 58.1. The average Bonchev–Trinajstić information content (AvgIpc) is 1.65. The Morgan fingerprint density at radius 1 is 0.458 bits per heavy atom. The van der Waals surface area contributed by atoms with E-state index < -0.39 is 195 Å². The summed E-state index contributed by atoms with van der Waals surface area (Å²) in [6, 6.07) is 0. The molecule has 4 saturated heterocycles. The summed E-state index contributed by atoms with van der Waals surface area (Å²) in [4.78, 5) is 123. The lowest BCUT2D eigenvalue weighted by atomic mass is 10.2. The quantitative estimate of drug-likeness (QED) is 0.0510. The van der Waals surface area contributed by atoms with Gasteiger partial charge >= 0.3 is 35.1 Å². The fourth-order valence-electron chi connectivity index (χ4n) is 8.90. The van der Waals surface area contributed by atoms with Crippen molar-refractivity contribution in [3.05, 3.63) is 131 Å². The van der Waals surface area contributed by atoms with E-state index in [1.54, 1.807) is 51.5 Å². The molecule has 12 atom stereocenters. The number of hydrogen-bond acceptors (Lipinski definition) is 24. The smallest absolute Gasteiger partial charge is 0.429 e. The minimum absolute atomic E-state index is 0.0180. The molecular formula is C58H88F4N8O24Si2. The number of aliphatic hydroxyl groups is 4. The number of halogens is 4. The van der Waals surface area contributed by atoms with E-state index in [0.29, 0.717) is 6.20 Å². The van der Waals surface area contributed by atoms with E-state index in [-0.39, 0.29) is 49.0 Å². The molecule has 0 spiro atoms. The zero-order valence-electron chi connectivity index (χ0n) is 56.1.